The SMILES string of the molecule is O=C(O)CNCC1CCCN(C2CCCOC2)C1. The van der Waals surface area contributed by atoms with Crippen LogP contribution in [-0.2, 0) is 9.53 Å². The number of likely N-dealkylation sites (tertiary alicyclic amines) is 1. The molecule has 2 saturated heterocycles. The van der Waals surface area contributed by atoms with Gasteiger partial charge in [0, 0.05) is 19.2 Å². The van der Waals surface area contributed by atoms with Gasteiger partial charge in [0.25, 0.3) is 0 Å². The summed E-state index contributed by atoms with van der Waals surface area (Å²) in [6.07, 6.45) is 4.84. The van der Waals surface area contributed by atoms with E-state index in [-0.39, 0.29) is 6.54 Å². The van der Waals surface area contributed by atoms with Crippen molar-refractivity contribution < 1.29 is 14.6 Å². The smallest absolute Gasteiger partial charge is 0.317 e. The molecule has 2 atom stereocenters. The van der Waals surface area contributed by atoms with E-state index in [9.17, 15) is 4.79 Å². The fourth-order valence-electron chi connectivity index (χ4n) is 2.99. The molecule has 5 heteroatoms. The summed E-state index contributed by atoms with van der Waals surface area (Å²) in [6.45, 7) is 4.92. The molecule has 0 radical (unpaired) electrons. The van der Waals surface area contributed by atoms with Crippen molar-refractivity contribution in [3.05, 3.63) is 0 Å². The second kappa shape index (κ2) is 7.07. The number of ether oxygens (including phenoxy) is 1. The van der Waals surface area contributed by atoms with E-state index in [2.05, 4.69) is 10.2 Å². The average molecular weight is 256 g/mol. The zero-order chi connectivity index (χ0) is 12.8. The largest absolute Gasteiger partial charge is 0.480 e. The highest BCUT2D eigenvalue weighted by Gasteiger charge is 2.27. The van der Waals surface area contributed by atoms with Crippen LogP contribution >= 0.6 is 0 Å². The van der Waals surface area contributed by atoms with Gasteiger partial charge in [-0.2, -0.15) is 0 Å². The van der Waals surface area contributed by atoms with Gasteiger partial charge in [-0.25, -0.2) is 0 Å². The fraction of sp³-hybridized carbons (Fsp3) is 0.923. The van der Waals surface area contributed by atoms with Gasteiger partial charge < -0.3 is 15.2 Å². The van der Waals surface area contributed by atoms with Gasteiger partial charge in [0.05, 0.1) is 13.2 Å². The number of aliphatic carboxylic acids is 1. The molecule has 0 aromatic carbocycles. The molecule has 2 fully saturated rings. The second-order valence-electron chi connectivity index (χ2n) is 5.40. The van der Waals surface area contributed by atoms with Crippen molar-refractivity contribution in [2.24, 2.45) is 5.92 Å². The lowest BCUT2D eigenvalue weighted by Crippen LogP contribution is -2.48. The van der Waals surface area contributed by atoms with Crippen molar-refractivity contribution >= 4 is 5.97 Å². The molecule has 2 N–H and O–H groups in total. The van der Waals surface area contributed by atoms with Crippen LogP contribution in [0.5, 0.6) is 0 Å². The van der Waals surface area contributed by atoms with E-state index >= 15 is 0 Å². The zero-order valence-electron chi connectivity index (χ0n) is 10.9. The summed E-state index contributed by atoms with van der Waals surface area (Å²) >= 11 is 0. The Balaban J connectivity index is 1.71. The molecule has 5 nitrogen and oxygen atoms in total. The van der Waals surface area contributed by atoms with Gasteiger partial charge >= 0.3 is 5.97 Å². The first kappa shape index (κ1) is 13.8. The summed E-state index contributed by atoms with van der Waals surface area (Å²) in [5.41, 5.74) is 0. The Morgan fingerprint density at radius 3 is 3.00 bits per heavy atom. The summed E-state index contributed by atoms with van der Waals surface area (Å²) in [7, 11) is 0. The van der Waals surface area contributed by atoms with Crippen molar-refractivity contribution in [3.8, 4) is 0 Å². The van der Waals surface area contributed by atoms with Crippen molar-refractivity contribution in [1.82, 2.24) is 10.2 Å². The van der Waals surface area contributed by atoms with E-state index in [1.165, 1.54) is 32.2 Å². The minimum atomic E-state index is -0.775. The van der Waals surface area contributed by atoms with E-state index in [1.54, 1.807) is 0 Å². The first-order chi connectivity index (χ1) is 8.75. The van der Waals surface area contributed by atoms with E-state index in [1.807, 2.05) is 0 Å². The summed E-state index contributed by atoms with van der Waals surface area (Å²) < 4.78 is 5.55. The Labute approximate surface area is 108 Å². The molecular formula is C13H24N2O3. The molecule has 104 valence electrons. The summed E-state index contributed by atoms with van der Waals surface area (Å²) in [4.78, 5) is 13.0. The fourth-order valence-corrected chi connectivity index (χ4v) is 2.99. The van der Waals surface area contributed by atoms with E-state index in [0.29, 0.717) is 12.0 Å². The lowest BCUT2D eigenvalue weighted by atomic mass is 9.95. The zero-order valence-corrected chi connectivity index (χ0v) is 10.9. The molecule has 2 aliphatic heterocycles. The molecule has 0 saturated carbocycles. The van der Waals surface area contributed by atoms with Gasteiger partial charge in [0.15, 0.2) is 0 Å². The maximum Gasteiger partial charge on any atom is 0.317 e. The lowest BCUT2D eigenvalue weighted by Gasteiger charge is -2.39. The van der Waals surface area contributed by atoms with Gasteiger partial charge in [-0.05, 0) is 44.7 Å². The highest BCUT2D eigenvalue weighted by atomic mass is 16.5. The standard InChI is InChI=1S/C13H24N2O3/c16-13(17)8-14-7-11-3-1-5-15(9-11)12-4-2-6-18-10-12/h11-12,14H,1-10H2,(H,16,17). The number of carboxylic acid groups (broad SMARTS) is 1. The lowest BCUT2D eigenvalue weighted by molar-refractivity contribution is -0.136. The Morgan fingerprint density at radius 1 is 1.39 bits per heavy atom. The van der Waals surface area contributed by atoms with Gasteiger partial charge in [-0.15, -0.1) is 0 Å². The van der Waals surface area contributed by atoms with Crippen molar-refractivity contribution in [2.75, 3.05) is 39.4 Å². The highest BCUT2D eigenvalue weighted by molar-refractivity contribution is 5.68. The molecule has 18 heavy (non-hydrogen) atoms. The topological polar surface area (TPSA) is 61.8 Å². The highest BCUT2D eigenvalue weighted by Crippen LogP contribution is 2.21. The maximum atomic E-state index is 10.5. The number of carbonyl (C=O) groups is 1. The monoisotopic (exact) mass is 256 g/mol. The minimum Gasteiger partial charge on any atom is -0.480 e. The number of hydrogen-bond acceptors (Lipinski definition) is 4. The molecule has 0 bridgehead atoms. The van der Waals surface area contributed by atoms with Crippen molar-refractivity contribution in [1.29, 1.82) is 0 Å². The van der Waals surface area contributed by atoms with Crippen LogP contribution in [0.25, 0.3) is 0 Å². The molecule has 2 aliphatic rings. The number of nitrogens with one attached hydrogen (secondary N) is 1. The van der Waals surface area contributed by atoms with Crippen LogP contribution in [0.15, 0.2) is 0 Å². The third-order valence-electron chi connectivity index (χ3n) is 3.91. The van der Waals surface area contributed by atoms with Crippen molar-refractivity contribution in [3.63, 3.8) is 0 Å². The van der Waals surface area contributed by atoms with Crippen LogP contribution in [-0.4, -0.2) is 61.4 Å². The predicted octanol–water partition coefficient (Wildman–Crippen LogP) is 0.552. The number of rotatable bonds is 5. The van der Waals surface area contributed by atoms with Crippen LogP contribution in [0, 0.1) is 5.92 Å². The molecule has 0 amide bonds. The third-order valence-corrected chi connectivity index (χ3v) is 3.91. The van der Waals surface area contributed by atoms with Crippen LogP contribution in [0.3, 0.4) is 0 Å². The Hall–Kier alpha value is -0.650. The van der Waals surface area contributed by atoms with Crippen LogP contribution in [0.4, 0.5) is 0 Å². The number of hydrogen-bond donors (Lipinski definition) is 2. The maximum absolute atomic E-state index is 10.5. The van der Waals surface area contributed by atoms with Crippen LogP contribution < -0.4 is 5.32 Å². The Morgan fingerprint density at radius 2 is 2.28 bits per heavy atom. The van der Waals surface area contributed by atoms with E-state index in [4.69, 9.17) is 9.84 Å². The first-order valence-corrected chi connectivity index (χ1v) is 7.00. The normalized spacial score (nSPS) is 30.2. The van der Waals surface area contributed by atoms with Gasteiger partial charge in [-0.1, -0.05) is 0 Å². The predicted molar refractivity (Wildman–Crippen MR) is 68.6 cm³/mol. The molecule has 0 aromatic heterocycles. The summed E-state index contributed by atoms with van der Waals surface area (Å²) in [6, 6.07) is 0.584. The Kier molecular flexibility index (Phi) is 5.41. The van der Waals surface area contributed by atoms with E-state index < -0.39 is 5.97 Å². The van der Waals surface area contributed by atoms with Gasteiger partial charge in [-0.3, -0.25) is 9.69 Å². The summed E-state index contributed by atoms with van der Waals surface area (Å²) in [5.74, 6) is -0.191. The summed E-state index contributed by atoms with van der Waals surface area (Å²) in [5, 5.41) is 11.6. The quantitative estimate of drug-likeness (QED) is 0.752. The number of piperidine rings is 1. The molecule has 2 unspecified atom stereocenters. The van der Waals surface area contributed by atoms with Crippen LogP contribution in [0.2, 0.25) is 0 Å². The molecule has 0 spiro atoms. The van der Waals surface area contributed by atoms with Gasteiger partial charge in [0.2, 0.25) is 0 Å². The molecule has 0 aliphatic carbocycles. The number of nitrogens with zero attached hydrogens (tertiary/aromatic N) is 1. The second-order valence-corrected chi connectivity index (χ2v) is 5.40. The number of carboxylic acids is 1. The van der Waals surface area contributed by atoms with Crippen molar-refractivity contribution in [2.45, 2.75) is 31.7 Å². The molecule has 2 heterocycles. The molecule has 2 rings (SSSR count). The van der Waals surface area contributed by atoms with Gasteiger partial charge in [0.1, 0.15) is 0 Å². The first-order valence-electron chi connectivity index (χ1n) is 7.00. The molecule has 0 aromatic rings. The average Bonchev–Trinajstić information content (AvgIpc) is 2.40. The minimum absolute atomic E-state index is 0.0725. The van der Waals surface area contributed by atoms with Crippen LogP contribution in [0.1, 0.15) is 25.7 Å². The van der Waals surface area contributed by atoms with E-state index in [0.717, 1.165) is 26.3 Å². The third kappa shape index (κ3) is 4.23. The Bertz CT molecular complexity index is 267. The molecular weight excluding hydrogens is 232 g/mol.